The zero-order valence-electron chi connectivity index (χ0n) is 24.2. The number of anilines is 1. The van der Waals surface area contributed by atoms with E-state index in [2.05, 4.69) is 31.2 Å². The van der Waals surface area contributed by atoms with Crippen LogP contribution in [-0.2, 0) is 19.2 Å². The van der Waals surface area contributed by atoms with Crippen molar-refractivity contribution in [1.82, 2.24) is 25.8 Å². The number of amides is 4. The number of piperidine rings is 1. The van der Waals surface area contributed by atoms with Crippen LogP contribution < -0.4 is 27.0 Å². The average molecular weight is 598 g/mol. The first-order valence-corrected chi connectivity index (χ1v) is 14.7. The maximum Gasteiger partial charge on any atom is 0.326 e. The Bertz CT molecular complexity index is 1080. The summed E-state index contributed by atoms with van der Waals surface area (Å²) in [5.74, 6) is -4.58. The van der Waals surface area contributed by atoms with Crippen molar-refractivity contribution in [2.24, 2.45) is 17.6 Å². The van der Waals surface area contributed by atoms with E-state index in [9.17, 15) is 34.2 Å². The maximum absolute atomic E-state index is 13.4. The zero-order valence-corrected chi connectivity index (χ0v) is 25.0. The number of rotatable bonds is 15. The van der Waals surface area contributed by atoms with Crippen molar-refractivity contribution in [3.05, 3.63) is 11.1 Å². The molecule has 230 valence electrons. The Labute approximate surface area is 243 Å². The summed E-state index contributed by atoms with van der Waals surface area (Å²) in [6, 6.07) is -3.33. The highest BCUT2D eigenvalue weighted by molar-refractivity contribution is 7.14. The monoisotopic (exact) mass is 597 g/mol. The van der Waals surface area contributed by atoms with E-state index in [0.717, 1.165) is 37.1 Å². The van der Waals surface area contributed by atoms with Gasteiger partial charge in [-0.15, -0.1) is 11.3 Å². The lowest BCUT2D eigenvalue weighted by atomic mass is 9.95. The fourth-order valence-electron chi connectivity index (χ4n) is 4.56. The number of primary amides is 1. The number of likely N-dealkylation sites (tertiary alicyclic amines) is 1. The summed E-state index contributed by atoms with van der Waals surface area (Å²) in [5, 5.41) is 32.2. The molecule has 0 aliphatic carbocycles. The van der Waals surface area contributed by atoms with Gasteiger partial charge in [-0.05, 0) is 38.3 Å². The van der Waals surface area contributed by atoms with E-state index >= 15 is 0 Å². The van der Waals surface area contributed by atoms with Crippen LogP contribution in [0.15, 0.2) is 5.38 Å². The van der Waals surface area contributed by atoms with Crippen LogP contribution in [-0.4, -0.2) is 93.7 Å². The number of aliphatic hydroxyl groups is 1. The van der Waals surface area contributed by atoms with Gasteiger partial charge in [0.1, 0.15) is 24.0 Å². The molecule has 1 aromatic rings. The highest BCUT2D eigenvalue weighted by Crippen LogP contribution is 2.20. The first-order chi connectivity index (χ1) is 19.2. The van der Waals surface area contributed by atoms with E-state index in [1.165, 1.54) is 5.38 Å². The first kappa shape index (κ1) is 34.1. The van der Waals surface area contributed by atoms with Gasteiger partial charge in [-0.2, -0.15) is 0 Å². The van der Waals surface area contributed by atoms with E-state index in [0.29, 0.717) is 6.42 Å². The van der Waals surface area contributed by atoms with Crippen molar-refractivity contribution in [2.75, 3.05) is 18.9 Å². The van der Waals surface area contributed by atoms with Gasteiger partial charge in [0, 0.05) is 11.4 Å². The summed E-state index contributed by atoms with van der Waals surface area (Å²) in [6.45, 7) is 8.26. The summed E-state index contributed by atoms with van der Waals surface area (Å²) in [4.78, 5) is 67.5. The Morgan fingerprint density at radius 3 is 2.37 bits per heavy atom. The molecule has 0 aromatic carbocycles. The number of nitrogens with zero attached hydrogens (tertiary/aromatic N) is 2. The van der Waals surface area contributed by atoms with Gasteiger partial charge in [-0.1, -0.05) is 40.5 Å². The summed E-state index contributed by atoms with van der Waals surface area (Å²) in [6.07, 6.45) is 2.03. The Balaban J connectivity index is 2.09. The quantitative estimate of drug-likeness (QED) is 0.135. The van der Waals surface area contributed by atoms with Gasteiger partial charge in [0.25, 0.3) is 5.91 Å². The SMILES string of the molecule is CC[C@H](C)C(NC(O)[C@H]1CCCCN1C)C(=O)N[C@H](C(=O)Nc1nc(C(=O)N[C@@H](CC(N)=O)C(=O)O)cs1)C(C)C. The molecule has 41 heavy (non-hydrogen) atoms. The van der Waals surface area contributed by atoms with Crippen molar-refractivity contribution in [3.63, 3.8) is 0 Å². The second-order valence-corrected chi connectivity index (χ2v) is 11.7. The topological polar surface area (TPSA) is 216 Å². The van der Waals surface area contributed by atoms with Gasteiger partial charge in [-0.25, -0.2) is 9.78 Å². The standard InChI is InChI=1S/C26H43N7O7S/c1-6-14(4)20(31-22(36)17-9-7-8-10-33(17)5)24(38)30-19(13(2)3)23(37)32-26-29-16(12-41-26)21(35)28-15(25(39)40)11-18(27)34/h12-15,17,19-20,22,31,36H,6-11H2,1-5H3,(H2,27,34)(H,28,35)(H,30,38)(H,39,40)(H,29,32,37)/t14-,15-,17+,19-,20?,22?/m0/s1. The van der Waals surface area contributed by atoms with Gasteiger partial charge in [0.2, 0.25) is 17.7 Å². The second kappa shape index (κ2) is 15.7. The summed E-state index contributed by atoms with van der Waals surface area (Å²) in [5.41, 5.74) is 4.88. The molecule has 6 atom stereocenters. The van der Waals surface area contributed by atoms with Crippen molar-refractivity contribution in [1.29, 1.82) is 0 Å². The van der Waals surface area contributed by atoms with Crippen molar-refractivity contribution in [2.45, 2.75) is 90.2 Å². The Morgan fingerprint density at radius 1 is 1.12 bits per heavy atom. The minimum absolute atomic E-state index is 0.0641. The van der Waals surface area contributed by atoms with Crippen molar-refractivity contribution >= 4 is 46.1 Å². The molecule has 0 spiro atoms. The van der Waals surface area contributed by atoms with Crippen LogP contribution >= 0.6 is 11.3 Å². The first-order valence-electron chi connectivity index (χ1n) is 13.8. The maximum atomic E-state index is 13.4. The van der Waals surface area contributed by atoms with E-state index in [1.807, 2.05) is 20.9 Å². The molecule has 0 bridgehead atoms. The highest BCUT2D eigenvalue weighted by atomic mass is 32.1. The number of nitrogens with one attached hydrogen (secondary N) is 4. The van der Waals surface area contributed by atoms with Crippen LogP contribution in [0.4, 0.5) is 5.13 Å². The number of hydrogen-bond acceptors (Lipinski definition) is 10. The fraction of sp³-hybridized carbons (Fsp3) is 0.692. The Morgan fingerprint density at radius 2 is 1.80 bits per heavy atom. The van der Waals surface area contributed by atoms with Gasteiger partial charge < -0.3 is 31.9 Å². The van der Waals surface area contributed by atoms with E-state index in [-0.39, 0.29) is 28.7 Å². The van der Waals surface area contributed by atoms with Crippen LogP contribution in [0.25, 0.3) is 0 Å². The van der Waals surface area contributed by atoms with E-state index in [1.54, 1.807) is 13.8 Å². The minimum Gasteiger partial charge on any atom is -0.480 e. The largest absolute Gasteiger partial charge is 0.480 e. The highest BCUT2D eigenvalue weighted by Gasteiger charge is 2.35. The minimum atomic E-state index is -1.52. The molecule has 2 heterocycles. The van der Waals surface area contributed by atoms with Gasteiger partial charge >= 0.3 is 5.97 Å². The number of likely N-dealkylation sites (N-methyl/N-ethyl adjacent to an activating group) is 1. The zero-order chi connectivity index (χ0) is 30.9. The summed E-state index contributed by atoms with van der Waals surface area (Å²) < 4.78 is 0. The normalized spacial score (nSPS) is 19.4. The molecule has 1 aromatic heterocycles. The number of carboxylic acids is 1. The molecule has 2 rings (SSSR count). The molecular weight excluding hydrogens is 554 g/mol. The number of aromatic nitrogens is 1. The third-order valence-corrected chi connectivity index (χ3v) is 8.02. The van der Waals surface area contributed by atoms with Crippen LogP contribution in [0.3, 0.4) is 0 Å². The molecule has 14 nitrogen and oxygen atoms in total. The molecule has 0 saturated carbocycles. The fourth-order valence-corrected chi connectivity index (χ4v) is 5.25. The molecule has 1 aliphatic rings. The number of carbonyl (C=O) groups excluding carboxylic acids is 4. The Hall–Kier alpha value is -3.14. The molecular formula is C26H43N7O7S. The van der Waals surface area contributed by atoms with E-state index < -0.39 is 60.4 Å². The second-order valence-electron chi connectivity index (χ2n) is 10.8. The molecule has 4 amide bonds. The number of hydrogen-bond donors (Lipinski definition) is 7. The smallest absolute Gasteiger partial charge is 0.326 e. The molecule has 1 aliphatic heterocycles. The number of aliphatic hydroxyl groups excluding tert-OH is 1. The van der Waals surface area contributed by atoms with Crippen LogP contribution in [0.5, 0.6) is 0 Å². The van der Waals surface area contributed by atoms with Gasteiger partial charge in [-0.3, -0.25) is 29.4 Å². The average Bonchev–Trinajstić information content (AvgIpc) is 3.37. The lowest BCUT2D eigenvalue weighted by Crippen LogP contribution is -2.60. The molecule has 15 heteroatoms. The number of carboxylic acid groups (broad SMARTS) is 1. The molecule has 1 fully saturated rings. The third-order valence-electron chi connectivity index (χ3n) is 7.26. The predicted molar refractivity (Wildman–Crippen MR) is 153 cm³/mol. The lowest BCUT2D eigenvalue weighted by Gasteiger charge is -2.38. The number of nitrogens with two attached hydrogens (primary N) is 1. The van der Waals surface area contributed by atoms with Gasteiger partial charge in [0.05, 0.1) is 12.5 Å². The Kier molecular flexibility index (Phi) is 13.1. The molecule has 1 saturated heterocycles. The molecule has 2 unspecified atom stereocenters. The van der Waals surface area contributed by atoms with Crippen molar-refractivity contribution in [3.8, 4) is 0 Å². The van der Waals surface area contributed by atoms with Crippen LogP contribution in [0.2, 0.25) is 0 Å². The predicted octanol–water partition coefficient (Wildman–Crippen LogP) is 0.0878. The summed E-state index contributed by atoms with van der Waals surface area (Å²) in [7, 11) is 1.95. The molecule has 0 radical (unpaired) electrons. The molecule has 8 N–H and O–H groups in total. The van der Waals surface area contributed by atoms with Crippen LogP contribution in [0.1, 0.15) is 70.3 Å². The van der Waals surface area contributed by atoms with Gasteiger partial charge in [0.15, 0.2) is 5.13 Å². The third kappa shape index (κ3) is 10.0. The van der Waals surface area contributed by atoms with Crippen molar-refractivity contribution < 1.29 is 34.2 Å². The van der Waals surface area contributed by atoms with E-state index in [4.69, 9.17) is 5.73 Å². The number of carbonyl (C=O) groups is 5. The number of aliphatic carboxylic acids is 1. The summed E-state index contributed by atoms with van der Waals surface area (Å²) >= 11 is 0.937. The van der Waals surface area contributed by atoms with Crippen LogP contribution in [0, 0.1) is 11.8 Å². The lowest BCUT2D eigenvalue weighted by molar-refractivity contribution is -0.141. The number of thiazole rings is 1.